The van der Waals surface area contributed by atoms with Crippen molar-refractivity contribution in [2.24, 2.45) is 5.84 Å². The molecule has 1 heterocycles. The van der Waals surface area contributed by atoms with E-state index in [0.29, 0.717) is 16.2 Å². The molecule has 0 amide bonds. The first-order chi connectivity index (χ1) is 6.99. The van der Waals surface area contributed by atoms with Gasteiger partial charge < -0.3 is 4.74 Å². The fourth-order valence-corrected chi connectivity index (χ4v) is 1.79. The highest BCUT2D eigenvalue weighted by molar-refractivity contribution is 7.11. The van der Waals surface area contributed by atoms with Crippen LogP contribution in [0, 0.1) is 0 Å². The summed E-state index contributed by atoms with van der Waals surface area (Å²) in [6, 6.07) is -0.469. The molecule has 3 N–H and O–H groups in total. The molecule has 1 atom stereocenters. The lowest BCUT2D eigenvalue weighted by molar-refractivity contribution is -0.137. The summed E-state index contributed by atoms with van der Waals surface area (Å²) < 4.78 is 41.5. The van der Waals surface area contributed by atoms with Gasteiger partial charge in [0.1, 0.15) is 0 Å². The second-order valence-corrected chi connectivity index (χ2v) is 3.80. The van der Waals surface area contributed by atoms with Gasteiger partial charge in [-0.25, -0.2) is 10.4 Å². The van der Waals surface area contributed by atoms with Crippen molar-refractivity contribution in [2.45, 2.75) is 12.2 Å². The molecule has 15 heavy (non-hydrogen) atoms. The maximum absolute atomic E-state index is 12.2. The molecule has 0 spiro atoms. The van der Waals surface area contributed by atoms with Crippen LogP contribution >= 0.6 is 11.3 Å². The lowest BCUT2D eigenvalue weighted by Gasteiger charge is -2.11. The van der Waals surface area contributed by atoms with Crippen molar-refractivity contribution >= 4 is 11.3 Å². The van der Waals surface area contributed by atoms with Crippen LogP contribution in [0.2, 0.25) is 0 Å². The molecule has 8 heteroatoms. The highest BCUT2D eigenvalue weighted by Crippen LogP contribution is 2.34. The van der Waals surface area contributed by atoms with Crippen LogP contribution in [0.3, 0.4) is 0 Å². The summed E-state index contributed by atoms with van der Waals surface area (Å²) in [6.07, 6.45) is -3.26. The van der Waals surface area contributed by atoms with E-state index in [2.05, 4.69) is 10.4 Å². The predicted molar refractivity (Wildman–Crippen MR) is 49.1 cm³/mol. The zero-order valence-electron chi connectivity index (χ0n) is 7.84. The third-order valence-electron chi connectivity index (χ3n) is 1.64. The van der Waals surface area contributed by atoms with Gasteiger partial charge in [-0.05, 0) is 0 Å². The molecule has 0 aliphatic carbocycles. The van der Waals surface area contributed by atoms with Crippen LogP contribution in [0.25, 0.3) is 0 Å². The van der Waals surface area contributed by atoms with Gasteiger partial charge in [0.2, 0.25) is 0 Å². The molecule has 1 aromatic rings. The van der Waals surface area contributed by atoms with Gasteiger partial charge in [0.15, 0.2) is 5.01 Å². The van der Waals surface area contributed by atoms with Gasteiger partial charge in [-0.3, -0.25) is 5.84 Å². The number of thiazole rings is 1. The largest absolute Gasteiger partial charge is 0.443 e. The first kappa shape index (κ1) is 12.4. The smallest absolute Gasteiger partial charge is 0.383 e. The fraction of sp³-hybridized carbons (Fsp3) is 0.571. The topological polar surface area (TPSA) is 60.2 Å². The van der Waals surface area contributed by atoms with E-state index < -0.39 is 17.2 Å². The maximum atomic E-state index is 12.2. The summed E-state index contributed by atoms with van der Waals surface area (Å²) in [4.78, 5) is 3.68. The van der Waals surface area contributed by atoms with Gasteiger partial charge in [-0.15, -0.1) is 11.3 Å². The molecule has 0 aromatic carbocycles. The third kappa shape index (κ3) is 3.13. The Morgan fingerprint density at radius 3 is 2.73 bits per heavy atom. The number of rotatable bonds is 4. The van der Waals surface area contributed by atoms with E-state index in [1.807, 2.05) is 0 Å². The Hall–Kier alpha value is -0.700. The maximum Gasteiger partial charge on any atom is 0.443 e. The molecular weight excluding hydrogens is 231 g/mol. The minimum Gasteiger partial charge on any atom is -0.383 e. The van der Waals surface area contributed by atoms with E-state index in [1.165, 1.54) is 7.11 Å². The van der Waals surface area contributed by atoms with Gasteiger partial charge >= 0.3 is 6.18 Å². The Morgan fingerprint density at radius 2 is 2.33 bits per heavy atom. The molecule has 0 radical (unpaired) electrons. The number of ether oxygens (including phenoxy) is 1. The summed E-state index contributed by atoms with van der Waals surface area (Å²) >= 11 is 0.554. The monoisotopic (exact) mass is 241 g/mol. The van der Waals surface area contributed by atoms with E-state index in [4.69, 9.17) is 10.6 Å². The Kier molecular flexibility index (Phi) is 4.03. The number of alkyl halides is 3. The number of aromatic nitrogens is 1. The van der Waals surface area contributed by atoms with Crippen LogP contribution in [0.4, 0.5) is 13.2 Å². The van der Waals surface area contributed by atoms with E-state index in [0.717, 1.165) is 6.20 Å². The zero-order chi connectivity index (χ0) is 11.5. The summed E-state index contributed by atoms with van der Waals surface area (Å²) in [6.45, 7) is 0.190. The number of hydrogen-bond acceptors (Lipinski definition) is 5. The molecule has 86 valence electrons. The molecule has 4 nitrogen and oxygen atoms in total. The van der Waals surface area contributed by atoms with Crippen molar-refractivity contribution in [3.05, 3.63) is 16.1 Å². The standard InChI is InChI=1S/C7H10F3N3OS/c1-14-3-4(13-11)5-2-12-6(15-5)7(8,9)10/h2,4,13H,3,11H2,1H3. The quantitative estimate of drug-likeness (QED) is 0.616. The van der Waals surface area contributed by atoms with Crippen LogP contribution in [-0.4, -0.2) is 18.7 Å². The molecule has 1 aromatic heterocycles. The van der Waals surface area contributed by atoms with Crippen molar-refractivity contribution in [1.82, 2.24) is 10.4 Å². The van der Waals surface area contributed by atoms with E-state index in [1.54, 1.807) is 0 Å². The molecule has 0 aliphatic heterocycles. The van der Waals surface area contributed by atoms with E-state index in [9.17, 15) is 13.2 Å². The van der Waals surface area contributed by atoms with Gasteiger partial charge in [0.05, 0.1) is 12.6 Å². The highest BCUT2D eigenvalue weighted by Gasteiger charge is 2.35. The SMILES string of the molecule is COCC(NN)c1cnc(C(F)(F)F)s1. The highest BCUT2D eigenvalue weighted by atomic mass is 32.1. The van der Waals surface area contributed by atoms with Gasteiger partial charge in [0.25, 0.3) is 0 Å². The Labute approximate surface area is 88.2 Å². The summed E-state index contributed by atoms with van der Waals surface area (Å²) in [5.74, 6) is 5.18. The molecule has 1 rings (SSSR count). The van der Waals surface area contributed by atoms with Gasteiger partial charge in [-0.2, -0.15) is 13.2 Å². The summed E-state index contributed by atoms with van der Waals surface area (Å²) in [7, 11) is 1.44. The Balaban J connectivity index is 2.82. The average Bonchev–Trinajstić information content (AvgIpc) is 2.62. The molecule has 0 bridgehead atoms. The first-order valence-electron chi connectivity index (χ1n) is 3.97. The Morgan fingerprint density at radius 1 is 1.67 bits per heavy atom. The molecular formula is C7H10F3N3OS. The van der Waals surface area contributed by atoms with Crippen molar-refractivity contribution in [3.63, 3.8) is 0 Å². The van der Waals surface area contributed by atoms with Crippen LogP contribution in [0.5, 0.6) is 0 Å². The average molecular weight is 241 g/mol. The number of nitrogens with two attached hydrogens (primary N) is 1. The van der Waals surface area contributed by atoms with Crippen LogP contribution < -0.4 is 11.3 Å². The normalized spacial score (nSPS) is 14.2. The second kappa shape index (κ2) is 4.88. The Bertz CT molecular complexity index is 315. The lowest BCUT2D eigenvalue weighted by atomic mass is 10.3. The second-order valence-electron chi connectivity index (χ2n) is 2.74. The van der Waals surface area contributed by atoms with E-state index >= 15 is 0 Å². The number of hydrogen-bond donors (Lipinski definition) is 2. The zero-order valence-corrected chi connectivity index (χ0v) is 8.65. The number of nitrogens with one attached hydrogen (secondary N) is 1. The summed E-state index contributed by atoms with van der Waals surface area (Å²) in [5.41, 5.74) is 2.36. The van der Waals surface area contributed by atoms with Gasteiger partial charge in [-0.1, -0.05) is 0 Å². The minimum absolute atomic E-state index is 0.190. The fourth-order valence-electron chi connectivity index (χ4n) is 0.958. The first-order valence-corrected chi connectivity index (χ1v) is 4.78. The summed E-state index contributed by atoms with van der Waals surface area (Å²) in [5, 5.41) is -0.881. The number of hydrazine groups is 1. The third-order valence-corrected chi connectivity index (χ3v) is 2.80. The number of halogens is 3. The number of nitrogens with zero attached hydrogens (tertiary/aromatic N) is 1. The van der Waals surface area contributed by atoms with Crippen molar-refractivity contribution < 1.29 is 17.9 Å². The number of methoxy groups -OCH3 is 1. The molecule has 0 saturated heterocycles. The molecule has 1 unspecified atom stereocenters. The molecule has 0 saturated carbocycles. The molecule has 0 aliphatic rings. The molecule has 0 fully saturated rings. The van der Waals surface area contributed by atoms with Crippen molar-refractivity contribution in [1.29, 1.82) is 0 Å². The predicted octanol–water partition coefficient (Wildman–Crippen LogP) is 1.31. The van der Waals surface area contributed by atoms with Crippen LogP contribution in [0.1, 0.15) is 15.9 Å². The van der Waals surface area contributed by atoms with E-state index in [-0.39, 0.29) is 6.61 Å². The lowest BCUT2D eigenvalue weighted by Crippen LogP contribution is -2.30. The van der Waals surface area contributed by atoms with Crippen molar-refractivity contribution in [2.75, 3.05) is 13.7 Å². The van der Waals surface area contributed by atoms with Crippen LogP contribution in [-0.2, 0) is 10.9 Å². The van der Waals surface area contributed by atoms with Gasteiger partial charge in [0, 0.05) is 18.2 Å². The minimum atomic E-state index is -4.41. The van der Waals surface area contributed by atoms with Crippen LogP contribution in [0.15, 0.2) is 6.20 Å². The van der Waals surface area contributed by atoms with Crippen molar-refractivity contribution in [3.8, 4) is 0 Å².